The van der Waals surface area contributed by atoms with Crippen molar-refractivity contribution in [3.63, 3.8) is 0 Å². The molecule has 1 heterocycles. The fourth-order valence-corrected chi connectivity index (χ4v) is 3.77. The third-order valence-corrected chi connectivity index (χ3v) is 5.45. The quantitative estimate of drug-likeness (QED) is 0.398. The standard InChI is InChI=1S/C25H28N4O/c1-18(30)22-4-2-3-20(13-22)17-29-25-14-23(9-10-24(25)16-28-29)21-7-5-19(6-8-21)15-27-12-11-26/h2-10,13-14,27-28H,11-12,15-17,26H2,1H3. The Hall–Kier alpha value is -2.99. The van der Waals surface area contributed by atoms with Gasteiger partial charge in [-0.3, -0.25) is 4.79 Å². The van der Waals surface area contributed by atoms with E-state index in [0.29, 0.717) is 13.1 Å². The van der Waals surface area contributed by atoms with E-state index in [1.807, 2.05) is 18.2 Å². The molecule has 0 bridgehead atoms. The van der Waals surface area contributed by atoms with Crippen molar-refractivity contribution < 1.29 is 4.79 Å². The van der Waals surface area contributed by atoms with Crippen molar-refractivity contribution in [3.8, 4) is 11.1 Å². The minimum atomic E-state index is 0.0931. The molecule has 4 rings (SSSR count). The van der Waals surface area contributed by atoms with Gasteiger partial charge in [0, 0.05) is 31.7 Å². The zero-order chi connectivity index (χ0) is 20.9. The number of hydrazine groups is 1. The molecule has 4 N–H and O–H groups in total. The van der Waals surface area contributed by atoms with Gasteiger partial charge in [0.2, 0.25) is 0 Å². The van der Waals surface area contributed by atoms with Crippen molar-refractivity contribution in [1.82, 2.24) is 10.7 Å². The molecule has 0 spiro atoms. The van der Waals surface area contributed by atoms with E-state index in [0.717, 1.165) is 30.8 Å². The molecule has 0 fully saturated rings. The summed E-state index contributed by atoms with van der Waals surface area (Å²) in [5, 5.41) is 5.49. The van der Waals surface area contributed by atoms with E-state index >= 15 is 0 Å². The molecular formula is C25H28N4O. The van der Waals surface area contributed by atoms with Crippen LogP contribution < -0.4 is 21.5 Å². The van der Waals surface area contributed by atoms with Crippen LogP contribution in [0, 0.1) is 0 Å². The lowest BCUT2D eigenvalue weighted by Crippen LogP contribution is -2.31. The molecule has 5 heteroatoms. The van der Waals surface area contributed by atoms with Crippen LogP contribution in [0.5, 0.6) is 0 Å². The number of fused-ring (bicyclic) bond motifs is 1. The van der Waals surface area contributed by atoms with Gasteiger partial charge in [0.15, 0.2) is 5.78 Å². The first-order valence-corrected chi connectivity index (χ1v) is 10.4. The highest BCUT2D eigenvalue weighted by molar-refractivity contribution is 5.94. The van der Waals surface area contributed by atoms with Gasteiger partial charge in [0.05, 0.1) is 12.2 Å². The summed E-state index contributed by atoms with van der Waals surface area (Å²) in [6, 6.07) is 23.1. The summed E-state index contributed by atoms with van der Waals surface area (Å²) < 4.78 is 0. The molecule has 0 aliphatic carbocycles. The molecule has 0 atom stereocenters. The molecule has 0 unspecified atom stereocenters. The monoisotopic (exact) mass is 400 g/mol. The second kappa shape index (κ2) is 9.22. The Morgan fingerprint density at radius 1 is 1.03 bits per heavy atom. The maximum absolute atomic E-state index is 11.7. The van der Waals surface area contributed by atoms with Crippen molar-refractivity contribution >= 4 is 11.5 Å². The van der Waals surface area contributed by atoms with Gasteiger partial charge in [-0.05, 0) is 46.9 Å². The van der Waals surface area contributed by atoms with E-state index in [9.17, 15) is 4.79 Å². The summed E-state index contributed by atoms with van der Waals surface area (Å²) in [5.41, 5.74) is 17.0. The van der Waals surface area contributed by atoms with Crippen LogP contribution in [0.25, 0.3) is 11.1 Å². The van der Waals surface area contributed by atoms with Crippen LogP contribution in [0.4, 0.5) is 5.69 Å². The van der Waals surface area contributed by atoms with Crippen LogP contribution in [0.2, 0.25) is 0 Å². The molecule has 154 valence electrons. The van der Waals surface area contributed by atoms with Crippen molar-refractivity contribution in [2.24, 2.45) is 5.73 Å². The van der Waals surface area contributed by atoms with Gasteiger partial charge in [0.25, 0.3) is 0 Å². The number of ketones is 1. The molecule has 3 aromatic carbocycles. The molecule has 0 amide bonds. The Kier molecular flexibility index (Phi) is 6.23. The fraction of sp³-hybridized carbons (Fsp3) is 0.240. The van der Waals surface area contributed by atoms with Crippen LogP contribution in [0.3, 0.4) is 0 Å². The molecule has 1 aliphatic heterocycles. The number of nitrogens with two attached hydrogens (primary N) is 1. The number of nitrogens with zero attached hydrogens (tertiary/aromatic N) is 1. The van der Waals surface area contributed by atoms with E-state index in [1.54, 1.807) is 6.92 Å². The van der Waals surface area contributed by atoms with E-state index in [4.69, 9.17) is 5.73 Å². The largest absolute Gasteiger partial charge is 0.329 e. The Labute approximate surface area is 177 Å². The number of carbonyl (C=O) groups excluding carboxylic acids is 1. The Balaban J connectivity index is 1.52. The first kappa shape index (κ1) is 20.3. The van der Waals surface area contributed by atoms with Crippen molar-refractivity contribution in [2.75, 3.05) is 18.1 Å². The predicted octanol–water partition coefficient (Wildman–Crippen LogP) is 3.63. The molecule has 0 saturated carbocycles. The maximum atomic E-state index is 11.7. The zero-order valence-electron chi connectivity index (χ0n) is 17.3. The first-order chi connectivity index (χ1) is 14.6. The van der Waals surface area contributed by atoms with Gasteiger partial charge < -0.3 is 16.1 Å². The predicted molar refractivity (Wildman–Crippen MR) is 122 cm³/mol. The summed E-state index contributed by atoms with van der Waals surface area (Å²) in [4.78, 5) is 11.7. The van der Waals surface area contributed by atoms with Crippen molar-refractivity contribution in [2.45, 2.75) is 26.6 Å². The lowest BCUT2D eigenvalue weighted by molar-refractivity contribution is 0.101. The minimum absolute atomic E-state index is 0.0931. The number of Topliss-reactive ketones (excluding diaryl/α,β-unsaturated/α-hetero) is 1. The molecule has 0 saturated heterocycles. The smallest absolute Gasteiger partial charge is 0.159 e. The highest BCUT2D eigenvalue weighted by Crippen LogP contribution is 2.32. The van der Waals surface area contributed by atoms with Gasteiger partial charge in [-0.25, -0.2) is 5.43 Å². The molecule has 0 radical (unpaired) electrons. The van der Waals surface area contributed by atoms with E-state index < -0.39 is 0 Å². The fourth-order valence-electron chi connectivity index (χ4n) is 3.77. The number of anilines is 1. The third kappa shape index (κ3) is 4.60. The molecular weight excluding hydrogens is 372 g/mol. The molecule has 30 heavy (non-hydrogen) atoms. The Morgan fingerprint density at radius 2 is 1.83 bits per heavy atom. The summed E-state index contributed by atoms with van der Waals surface area (Å²) in [7, 11) is 0. The number of hydrogen-bond acceptors (Lipinski definition) is 5. The van der Waals surface area contributed by atoms with Crippen LogP contribution >= 0.6 is 0 Å². The highest BCUT2D eigenvalue weighted by Gasteiger charge is 2.19. The number of rotatable bonds is 8. The number of hydrogen-bond donors (Lipinski definition) is 3. The first-order valence-electron chi connectivity index (χ1n) is 10.4. The SMILES string of the molecule is CC(=O)c1cccc(CN2NCc3ccc(-c4ccc(CNCCN)cc4)cc32)c1. The van der Waals surface area contributed by atoms with Gasteiger partial charge >= 0.3 is 0 Å². The number of carbonyl (C=O) groups is 1. The van der Waals surface area contributed by atoms with Crippen molar-refractivity contribution in [1.29, 1.82) is 0 Å². The van der Waals surface area contributed by atoms with Gasteiger partial charge in [-0.15, -0.1) is 0 Å². The normalized spacial score (nSPS) is 12.8. The third-order valence-electron chi connectivity index (χ3n) is 5.45. The molecule has 0 aromatic heterocycles. The summed E-state index contributed by atoms with van der Waals surface area (Å²) in [5.74, 6) is 0.0931. The second-order valence-electron chi connectivity index (χ2n) is 7.68. The summed E-state index contributed by atoms with van der Waals surface area (Å²) in [6.45, 7) is 5.44. The van der Waals surface area contributed by atoms with Gasteiger partial charge in [-0.2, -0.15) is 0 Å². The van der Waals surface area contributed by atoms with E-state index in [2.05, 4.69) is 64.3 Å². The van der Waals surface area contributed by atoms with Crippen molar-refractivity contribution in [3.05, 3.63) is 89.0 Å². The Morgan fingerprint density at radius 3 is 2.60 bits per heavy atom. The number of benzene rings is 3. The average Bonchev–Trinajstić information content (AvgIpc) is 3.16. The van der Waals surface area contributed by atoms with E-state index in [1.165, 1.54) is 27.9 Å². The van der Waals surface area contributed by atoms with E-state index in [-0.39, 0.29) is 5.78 Å². The minimum Gasteiger partial charge on any atom is -0.329 e. The number of nitrogens with one attached hydrogen (secondary N) is 2. The maximum Gasteiger partial charge on any atom is 0.159 e. The van der Waals surface area contributed by atoms with Gasteiger partial charge in [0.1, 0.15) is 0 Å². The Bertz CT molecular complexity index is 1030. The lowest BCUT2D eigenvalue weighted by Gasteiger charge is -2.20. The van der Waals surface area contributed by atoms with Crippen LogP contribution in [-0.2, 0) is 19.6 Å². The van der Waals surface area contributed by atoms with Gasteiger partial charge in [-0.1, -0.05) is 54.6 Å². The lowest BCUT2D eigenvalue weighted by atomic mass is 10.0. The molecule has 3 aromatic rings. The van der Waals surface area contributed by atoms with Crippen LogP contribution in [-0.4, -0.2) is 18.9 Å². The summed E-state index contributed by atoms with van der Waals surface area (Å²) in [6.07, 6.45) is 0. The van der Waals surface area contributed by atoms with Crippen LogP contribution in [0.15, 0.2) is 66.7 Å². The van der Waals surface area contributed by atoms with Crippen LogP contribution in [0.1, 0.15) is 34.0 Å². The summed E-state index contributed by atoms with van der Waals surface area (Å²) >= 11 is 0. The zero-order valence-corrected chi connectivity index (χ0v) is 17.3. The molecule has 5 nitrogen and oxygen atoms in total. The average molecular weight is 401 g/mol. The molecule has 1 aliphatic rings. The topological polar surface area (TPSA) is 70.4 Å². The highest BCUT2D eigenvalue weighted by atomic mass is 16.1. The second-order valence-corrected chi connectivity index (χ2v) is 7.68.